The third-order valence-electron chi connectivity index (χ3n) is 4.52. The molecule has 1 amide bonds. The summed E-state index contributed by atoms with van der Waals surface area (Å²) >= 11 is 0. The van der Waals surface area contributed by atoms with Gasteiger partial charge in [-0.1, -0.05) is 12.1 Å². The van der Waals surface area contributed by atoms with E-state index in [1.807, 2.05) is 0 Å². The highest BCUT2D eigenvalue weighted by molar-refractivity contribution is 6.05. The predicted molar refractivity (Wildman–Crippen MR) is 83.0 cm³/mol. The lowest BCUT2D eigenvalue weighted by Gasteiger charge is -2.37. The summed E-state index contributed by atoms with van der Waals surface area (Å²) in [6, 6.07) is 1.70. The molecule has 0 saturated carbocycles. The lowest BCUT2D eigenvalue weighted by Crippen LogP contribution is -2.54. The number of benzene rings is 1. The number of carbonyl (C=O) groups excluding carboxylic acids is 2. The van der Waals surface area contributed by atoms with Crippen LogP contribution in [0.25, 0.3) is 0 Å². The first-order valence-electron chi connectivity index (χ1n) is 8.01. The minimum Gasteiger partial charge on any atom is -0.369 e. The lowest BCUT2D eigenvalue weighted by atomic mass is 9.87. The molecular weight excluding hydrogens is 380 g/mol. The van der Waals surface area contributed by atoms with E-state index in [1.165, 1.54) is 11.8 Å². The van der Waals surface area contributed by atoms with Crippen LogP contribution in [0.5, 0.6) is 0 Å². The van der Waals surface area contributed by atoms with Crippen molar-refractivity contribution in [2.45, 2.75) is 57.1 Å². The number of anilines is 1. The van der Waals surface area contributed by atoms with Gasteiger partial charge in [0.2, 0.25) is 5.91 Å². The van der Waals surface area contributed by atoms with E-state index < -0.39 is 41.6 Å². The van der Waals surface area contributed by atoms with Crippen LogP contribution < -0.4 is 4.90 Å². The molecule has 1 aliphatic rings. The van der Waals surface area contributed by atoms with Gasteiger partial charge in [-0.05, 0) is 38.3 Å². The van der Waals surface area contributed by atoms with Crippen molar-refractivity contribution in [1.29, 1.82) is 0 Å². The topological polar surface area (TPSA) is 57.6 Å². The van der Waals surface area contributed by atoms with E-state index >= 15 is 0 Å². The number of amides is 1. The highest BCUT2D eigenvalue weighted by Crippen LogP contribution is 2.51. The van der Waals surface area contributed by atoms with Crippen molar-refractivity contribution in [2.24, 2.45) is 0 Å². The first-order chi connectivity index (χ1) is 12.2. The van der Waals surface area contributed by atoms with Crippen LogP contribution in [0.1, 0.15) is 37.8 Å². The summed E-state index contributed by atoms with van der Waals surface area (Å²) in [6.07, 6.45) is -12.0. The third-order valence-corrected chi connectivity index (χ3v) is 4.52. The van der Waals surface area contributed by atoms with Crippen LogP contribution in [-0.4, -0.2) is 35.2 Å². The number of hydrogen-bond donors (Lipinski definition) is 1. The number of hydrogen-bond acceptors (Lipinski definition) is 3. The Hall–Kier alpha value is -2.10. The smallest absolute Gasteiger partial charge is 0.369 e. The van der Waals surface area contributed by atoms with Crippen LogP contribution in [0.15, 0.2) is 18.2 Å². The maximum atomic E-state index is 13.1. The fraction of sp³-hybridized carbons (Fsp3) is 0.529. The number of ketones is 1. The molecule has 2 rings (SSSR count). The highest BCUT2D eigenvalue weighted by atomic mass is 19.4. The van der Waals surface area contributed by atoms with E-state index in [0.29, 0.717) is 12.1 Å². The summed E-state index contributed by atoms with van der Waals surface area (Å²) in [5, 5.41) is 9.53. The average Bonchev–Trinajstić information content (AvgIpc) is 2.50. The molecule has 1 aromatic rings. The van der Waals surface area contributed by atoms with Crippen LogP contribution in [0, 0.1) is 0 Å². The van der Waals surface area contributed by atoms with Gasteiger partial charge in [-0.2, -0.15) is 26.3 Å². The molecule has 0 spiro atoms. The average molecular weight is 397 g/mol. The number of halogens is 6. The van der Waals surface area contributed by atoms with E-state index in [9.17, 15) is 41.0 Å². The number of Topliss-reactive ketones (excluding diaryl/α,β-unsaturated/α-hetero) is 1. The quantitative estimate of drug-likeness (QED) is 0.626. The maximum Gasteiger partial charge on any atom is 0.430 e. The summed E-state index contributed by atoms with van der Waals surface area (Å²) in [7, 11) is 0. The molecule has 10 heteroatoms. The first-order valence-corrected chi connectivity index (χ1v) is 8.01. The first kappa shape index (κ1) is 21.2. The zero-order chi connectivity index (χ0) is 20.8. The molecule has 4 nitrogen and oxygen atoms in total. The molecular formula is C17H17F6NO3. The van der Waals surface area contributed by atoms with Gasteiger partial charge in [-0.25, -0.2) is 0 Å². The Balaban J connectivity index is 2.56. The highest BCUT2D eigenvalue weighted by Gasteiger charge is 2.71. The number of rotatable bonds is 3. The summed E-state index contributed by atoms with van der Waals surface area (Å²) in [5.41, 5.74) is -6.19. The molecule has 0 radical (unpaired) electrons. The van der Waals surface area contributed by atoms with Gasteiger partial charge >= 0.3 is 12.4 Å². The van der Waals surface area contributed by atoms with Crippen LogP contribution in [0.3, 0.4) is 0 Å². The van der Waals surface area contributed by atoms with Crippen LogP contribution in [-0.2, 0) is 21.6 Å². The van der Waals surface area contributed by atoms with Gasteiger partial charge in [0.15, 0.2) is 0 Å². The number of nitrogens with zero attached hydrogens (tertiary/aromatic N) is 1. The number of fused-ring (bicyclic) bond motifs is 1. The molecule has 27 heavy (non-hydrogen) atoms. The van der Waals surface area contributed by atoms with Gasteiger partial charge in [0.1, 0.15) is 5.78 Å². The van der Waals surface area contributed by atoms with Gasteiger partial charge in [0, 0.05) is 17.3 Å². The van der Waals surface area contributed by atoms with Crippen molar-refractivity contribution in [2.75, 3.05) is 4.90 Å². The third kappa shape index (κ3) is 3.67. The van der Waals surface area contributed by atoms with Gasteiger partial charge in [-0.15, -0.1) is 0 Å². The zero-order valence-electron chi connectivity index (χ0n) is 14.4. The number of alkyl halides is 6. The fourth-order valence-electron chi connectivity index (χ4n) is 3.14. The van der Waals surface area contributed by atoms with Crippen molar-refractivity contribution in [3.63, 3.8) is 0 Å². The lowest BCUT2D eigenvalue weighted by molar-refractivity contribution is -0.376. The molecule has 1 N–H and O–H groups in total. The largest absolute Gasteiger partial charge is 0.430 e. The Kier molecular flexibility index (Phi) is 5.35. The summed E-state index contributed by atoms with van der Waals surface area (Å²) in [6.45, 7) is 2.86. The second-order valence-corrected chi connectivity index (χ2v) is 6.58. The monoisotopic (exact) mass is 397 g/mol. The van der Waals surface area contributed by atoms with E-state index in [2.05, 4.69) is 0 Å². The van der Waals surface area contributed by atoms with Crippen LogP contribution in [0.2, 0.25) is 0 Å². The summed E-state index contributed by atoms with van der Waals surface area (Å²) < 4.78 is 78.3. The van der Waals surface area contributed by atoms with E-state index in [4.69, 9.17) is 0 Å². The Morgan fingerprint density at radius 3 is 2.19 bits per heavy atom. The second kappa shape index (κ2) is 6.81. The Bertz CT molecular complexity index is 742. The van der Waals surface area contributed by atoms with Gasteiger partial charge < -0.3 is 10.0 Å². The second-order valence-electron chi connectivity index (χ2n) is 6.58. The molecule has 0 aliphatic carbocycles. The Labute approximate surface area is 150 Å². The fourth-order valence-corrected chi connectivity index (χ4v) is 3.14. The summed E-state index contributed by atoms with van der Waals surface area (Å²) in [4.78, 5) is 24.7. The van der Waals surface area contributed by atoms with Crippen molar-refractivity contribution in [3.05, 3.63) is 29.3 Å². The molecule has 1 aliphatic heterocycles. The van der Waals surface area contributed by atoms with Crippen LogP contribution >= 0.6 is 0 Å². The minimum absolute atomic E-state index is 0.0643. The normalized spacial score (nSPS) is 18.3. The van der Waals surface area contributed by atoms with Gasteiger partial charge in [-0.3, -0.25) is 9.59 Å². The van der Waals surface area contributed by atoms with Crippen molar-refractivity contribution >= 4 is 17.4 Å². The Morgan fingerprint density at radius 2 is 1.70 bits per heavy atom. The number of aliphatic hydroxyl groups is 1. The molecule has 0 bridgehead atoms. The molecule has 0 saturated heterocycles. The number of carbonyl (C=O) groups is 2. The molecule has 1 unspecified atom stereocenters. The summed E-state index contributed by atoms with van der Waals surface area (Å²) in [5.74, 6) is -1.01. The molecule has 150 valence electrons. The maximum absolute atomic E-state index is 13.1. The predicted octanol–water partition coefficient (Wildman–Crippen LogP) is 3.65. The van der Waals surface area contributed by atoms with Crippen LogP contribution in [0.4, 0.5) is 32.0 Å². The molecule has 1 aromatic carbocycles. The van der Waals surface area contributed by atoms with E-state index in [1.54, 1.807) is 6.92 Å². The number of aryl methyl sites for hydroxylation is 1. The van der Waals surface area contributed by atoms with Crippen molar-refractivity contribution < 1.29 is 41.0 Å². The SMILES string of the molecule is CC(=O)CC(=O)N1c2ccc(C(O)(C(F)(F)F)C(F)(F)F)cc2CCC1C. The van der Waals surface area contributed by atoms with E-state index in [-0.39, 0.29) is 30.1 Å². The molecule has 1 atom stereocenters. The van der Waals surface area contributed by atoms with Crippen molar-refractivity contribution in [3.8, 4) is 0 Å². The molecule has 1 heterocycles. The van der Waals surface area contributed by atoms with Gasteiger partial charge in [0.25, 0.3) is 5.60 Å². The van der Waals surface area contributed by atoms with Crippen molar-refractivity contribution in [1.82, 2.24) is 0 Å². The zero-order valence-corrected chi connectivity index (χ0v) is 14.4. The molecule has 0 aromatic heterocycles. The standard InChI is InChI=1S/C17H17F6NO3/c1-9-3-4-11-8-12(15(27,16(18,19)20)17(21,22)23)5-6-13(11)24(9)14(26)7-10(2)25/h5-6,8-9,27H,3-4,7H2,1-2H3. The Morgan fingerprint density at radius 1 is 1.15 bits per heavy atom. The van der Waals surface area contributed by atoms with E-state index in [0.717, 1.165) is 6.07 Å². The minimum atomic E-state index is -5.98. The van der Waals surface area contributed by atoms with Gasteiger partial charge in [0.05, 0.1) is 6.42 Å². The molecule has 0 fully saturated rings.